The first kappa shape index (κ1) is 22.6. The van der Waals surface area contributed by atoms with Gasteiger partial charge in [0, 0.05) is 30.5 Å². The van der Waals surface area contributed by atoms with Gasteiger partial charge in [0.1, 0.15) is 5.75 Å². The highest BCUT2D eigenvalue weighted by atomic mass is 16.4. The number of aromatic carboxylic acids is 1. The molecule has 7 heteroatoms. The fourth-order valence-electron chi connectivity index (χ4n) is 4.10. The van der Waals surface area contributed by atoms with E-state index in [1.807, 2.05) is 12.2 Å². The minimum absolute atomic E-state index is 0.394. The molecular weight excluding hydrogens is 394 g/mol. The Kier molecular flexibility index (Phi) is 6.85. The fourth-order valence-corrected chi connectivity index (χ4v) is 4.10. The molecule has 7 nitrogen and oxygen atoms in total. The summed E-state index contributed by atoms with van der Waals surface area (Å²) in [5.74, 6) is -1.89. The van der Waals surface area contributed by atoms with Gasteiger partial charge in [0.2, 0.25) is 0 Å². The number of fused-ring (bicyclic) bond motifs is 2. The lowest BCUT2D eigenvalue weighted by atomic mass is 9.96. The van der Waals surface area contributed by atoms with Gasteiger partial charge in [0.05, 0.1) is 5.69 Å². The van der Waals surface area contributed by atoms with Crippen LogP contribution in [-0.2, 0) is 26.4 Å². The van der Waals surface area contributed by atoms with E-state index in [4.69, 9.17) is 0 Å². The molecule has 0 bridgehead atoms. The molecule has 0 aromatic carbocycles. The molecule has 0 saturated carbocycles. The van der Waals surface area contributed by atoms with Crippen LogP contribution in [0, 0.1) is 0 Å². The van der Waals surface area contributed by atoms with Gasteiger partial charge in [-0.25, -0.2) is 4.79 Å². The molecule has 3 N–H and O–H groups in total. The Bertz CT molecular complexity index is 1090. The molecular formula is C24H31N3O4. The van der Waals surface area contributed by atoms with Crippen LogP contribution < -0.4 is 5.56 Å². The quantitative estimate of drug-likeness (QED) is 0.696. The van der Waals surface area contributed by atoms with E-state index < -0.39 is 22.8 Å². The topological polar surface area (TPSA) is 98.6 Å². The largest absolute Gasteiger partial charge is 0.506 e. The van der Waals surface area contributed by atoms with E-state index in [-0.39, 0.29) is 0 Å². The third-order valence-electron chi connectivity index (χ3n) is 6.07. The number of aromatic nitrogens is 2. The Balaban J connectivity index is 2.07. The van der Waals surface area contributed by atoms with Gasteiger partial charge in [0.25, 0.3) is 5.56 Å². The number of hydrogen-bond acceptors (Lipinski definition) is 4. The normalized spacial score (nSPS) is 15.7. The summed E-state index contributed by atoms with van der Waals surface area (Å²) in [5, 5.41) is 19.9. The molecule has 31 heavy (non-hydrogen) atoms. The summed E-state index contributed by atoms with van der Waals surface area (Å²) in [4.78, 5) is 28.6. The predicted molar refractivity (Wildman–Crippen MR) is 122 cm³/mol. The Morgan fingerprint density at radius 1 is 1.26 bits per heavy atom. The molecule has 0 radical (unpaired) electrons. The Labute approximate surface area is 182 Å². The number of pyridine rings is 1. The molecule has 0 aliphatic heterocycles. The molecule has 1 aliphatic carbocycles. The lowest BCUT2D eigenvalue weighted by Crippen LogP contribution is -2.21. The number of rotatable bonds is 4. The summed E-state index contributed by atoms with van der Waals surface area (Å²) in [7, 11) is 4.15. The van der Waals surface area contributed by atoms with E-state index in [2.05, 4.69) is 48.1 Å². The van der Waals surface area contributed by atoms with E-state index in [0.717, 1.165) is 44.5 Å². The molecule has 2 heterocycles. The second-order valence-corrected chi connectivity index (χ2v) is 8.19. The number of nitrogens with one attached hydrogen (secondary N) is 1. The van der Waals surface area contributed by atoms with Crippen LogP contribution in [0.1, 0.15) is 64.8 Å². The summed E-state index contributed by atoms with van der Waals surface area (Å²) in [6.45, 7) is 8.04. The van der Waals surface area contributed by atoms with Crippen LogP contribution in [0.4, 0.5) is 0 Å². The average Bonchev–Trinajstić information content (AvgIpc) is 3.00. The number of H-pyrrole nitrogens is 1. The van der Waals surface area contributed by atoms with Crippen molar-refractivity contribution in [2.45, 2.75) is 45.6 Å². The molecule has 0 spiro atoms. The van der Waals surface area contributed by atoms with Crippen molar-refractivity contribution in [3.63, 3.8) is 0 Å². The first-order valence-electron chi connectivity index (χ1n) is 10.7. The number of aromatic amines is 1. The first-order chi connectivity index (χ1) is 14.7. The summed E-state index contributed by atoms with van der Waals surface area (Å²) < 4.78 is 2.19. The van der Waals surface area contributed by atoms with Crippen LogP contribution in [0.5, 0.6) is 5.75 Å². The lowest BCUT2D eigenvalue weighted by Gasteiger charge is -2.15. The highest BCUT2D eigenvalue weighted by Crippen LogP contribution is 2.30. The third kappa shape index (κ3) is 4.66. The van der Waals surface area contributed by atoms with Crippen LogP contribution in [0.25, 0.3) is 11.6 Å². The van der Waals surface area contributed by atoms with E-state index in [1.165, 1.54) is 11.3 Å². The zero-order valence-electron chi connectivity index (χ0n) is 18.5. The van der Waals surface area contributed by atoms with Crippen LogP contribution in [0.2, 0.25) is 0 Å². The second kappa shape index (κ2) is 9.39. The number of carboxylic acid groups (broad SMARTS) is 1. The van der Waals surface area contributed by atoms with Crippen molar-refractivity contribution in [2.24, 2.45) is 7.05 Å². The standard InChI is InChI=1S/C24H31N3O4/c1-5-26(3)14-17-13-16-9-7-6-8-10-18-21(15(2)11-12-19(16)27(17)4)25-23(29)20(22(18)28)24(30)31/h11-13H,2,5-10,14H2,1,3-4H3,(H,30,31)(H2,25,28,29)/b12-11-. The minimum atomic E-state index is -1.44. The highest BCUT2D eigenvalue weighted by molar-refractivity contribution is 5.92. The zero-order chi connectivity index (χ0) is 22.7. The van der Waals surface area contributed by atoms with Crippen molar-refractivity contribution >= 4 is 17.6 Å². The van der Waals surface area contributed by atoms with Crippen LogP contribution in [-0.4, -0.2) is 44.2 Å². The Hall–Kier alpha value is -3.06. The molecule has 2 aromatic heterocycles. The van der Waals surface area contributed by atoms with Gasteiger partial charge in [-0.05, 0) is 62.6 Å². The molecule has 0 fully saturated rings. The van der Waals surface area contributed by atoms with E-state index in [1.54, 1.807) is 0 Å². The molecule has 1 aliphatic rings. The number of carboxylic acids is 1. The third-order valence-corrected chi connectivity index (χ3v) is 6.07. The lowest BCUT2D eigenvalue weighted by molar-refractivity contribution is 0.0691. The van der Waals surface area contributed by atoms with Crippen LogP contribution in [0.3, 0.4) is 0 Å². The smallest absolute Gasteiger partial charge is 0.345 e. The van der Waals surface area contributed by atoms with E-state index in [0.29, 0.717) is 23.3 Å². The second-order valence-electron chi connectivity index (χ2n) is 8.19. The maximum Gasteiger partial charge on any atom is 0.345 e. The monoisotopic (exact) mass is 425 g/mol. The Morgan fingerprint density at radius 3 is 2.65 bits per heavy atom. The van der Waals surface area contributed by atoms with Crippen molar-refractivity contribution in [3.8, 4) is 5.75 Å². The zero-order valence-corrected chi connectivity index (χ0v) is 18.5. The number of carbonyl (C=O) groups is 1. The molecule has 2 aromatic rings. The van der Waals surface area contributed by atoms with Crippen LogP contribution in [0.15, 0.2) is 23.5 Å². The SMILES string of the molecule is C=C1/C=C\c2c(cc(CN(C)CC)n2C)CCCCCc2c1[nH]c(=O)c(C(=O)O)c2O. The number of aryl methyl sites for hydroxylation is 1. The van der Waals surface area contributed by atoms with E-state index >= 15 is 0 Å². The van der Waals surface area contributed by atoms with Crippen molar-refractivity contribution < 1.29 is 15.0 Å². The van der Waals surface area contributed by atoms with Crippen molar-refractivity contribution in [1.82, 2.24) is 14.5 Å². The minimum Gasteiger partial charge on any atom is -0.506 e. The number of hydrogen-bond donors (Lipinski definition) is 3. The van der Waals surface area contributed by atoms with Crippen molar-refractivity contribution in [1.29, 1.82) is 0 Å². The van der Waals surface area contributed by atoms with Crippen molar-refractivity contribution in [3.05, 3.63) is 62.8 Å². The number of nitrogens with zero attached hydrogens (tertiary/aromatic N) is 2. The molecule has 3 rings (SSSR count). The maximum atomic E-state index is 12.3. The van der Waals surface area contributed by atoms with Gasteiger partial charge in [0.15, 0.2) is 5.56 Å². The van der Waals surface area contributed by atoms with Gasteiger partial charge in [-0.15, -0.1) is 0 Å². The predicted octanol–water partition coefficient (Wildman–Crippen LogP) is 3.56. The molecule has 0 amide bonds. The summed E-state index contributed by atoms with van der Waals surface area (Å²) in [6, 6.07) is 2.27. The van der Waals surface area contributed by atoms with Gasteiger partial charge in [-0.1, -0.05) is 26.0 Å². The first-order valence-corrected chi connectivity index (χ1v) is 10.7. The van der Waals surface area contributed by atoms with Crippen LogP contribution >= 0.6 is 0 Å². The van der Waals surface area contributed by atoms with Gasteiger partial charge < -0.3 is 24.7 Å². The summed E-state index contributed by atoms with van der Waals surface area (Å²) >= 11 is 0. The average molecular weight is 426 g/mol. The molecule has 0 unspecified atom stereocenters. The number of allylic oxidation sites excluding steroid dienone is 2. The van der Waals surface area contributed by atoms with Gasteiger partial charge in [-0.3, -0.25) is 4.79 Å². The fraction of sp³-hybridized carbons (Fsp3) is 0.417. The van der Waals surface area contributed by atoms with E-state index in [9.17, 15) is 19.8 Å². The highest BCUT2D eigenvalue weighted by Gasteiger charge is 2.23. The summed E-state index contributed by atoms with van der Waals surface area (Å²) in [6.07, 6.45) is 7.91. The molecule has 166 valence electrons. The van der Waals surface area contributed by atoms with Crippen molar-refractivity contribution in [2.75, 3.05) is 13.6 Å². The summed E-state index contributed by atoms with van der Waals surface area (Å²) in [5.41, 5.74) is 3.53. The molecule has 0 atom stereocenters. The van der Waals surface area contributed by atoms with Gasteiger partial charge >= 0.3 is 5.97 Å². The van der Waals surface area contributed by atoms with Gasteiger partial charge in [-0.2, -0.15) is 0 Å². The molecule has 0 saturated heterocycles. The Morgan fingerprint density at radius 2 is 1.97 bits per heavy atom. The maximum absolute atomic E-state index is 12.3. The number of aromatic hydroxyl groups is 1.